The lowest BCUT2D eigenvalue weighted by molar-refractivity contribution is 0.0958. The molecule has 7 nitrogen and oxygen atoms in total. The maximum absolute atomic E-state index is 12.6. The van der Waals surface area contributed by atoms with Crippen LogP contribution in [0.1, 0.15) is 32.2 Å². The van der Waals surface area contributed by atoms with E-state index in [2.05, 4.69) is 37.2 Å². The number of aryl methyl sites for hydroxylation is 2. The van der Waals surface area contributed by atoms with Crippen molar-refractivity contribution in [2.75, 3.05) is 5.73 Å². The Morgan fingerprint density at radius 1 is 1.21 bits per heavy atom. The number of nitrogens with one attached hydrogen (secondary N) is 1. The molecule has 1 aromatic carbocycles. The number of rotatable bonds is 4. The van der Waals surface area contributed by atoms with E-state index >= 15 is 0 Å². The van der Waals surface area contributed by atoms with Gasteiger partial charge in [-0.25, -0.2) is 15.4 Å². The van der Waals surface area contributed by atoms with Gasteiger partial charge in [0, 0.05) is 22.6 Å². The van der Waals surface area contributed by atoms with Gasteiger partial charge in [0.1, 0.15) is 17.0 Å². The van der Waals surface area contributed by atoms with Gasteiger partial charge in [-0.3, -0.25) is 4.79 Å². The summed E-state index contributed by atoms with van der Waals surface area (Å²) in [6, 6.07) is 12.2. The minimum absolute atomic E-state index is 0.294. The zero-order valence-corrected chi connectivity index (χ0v) is 17.1. The Balaban J connectivity index is 1.56. The normalized spacial score (nSPS) is 11.4. The fourth-order valence-corrected chi connectivity index (χ4v) is 4.47. The predicted molar refractivity (Wildman–Crippen MR) is 117 cm³/mol. The van der Waals surface area contributed by atoms with Crippen molar-refractivity contribution in [1.29, 1.82) is 0 Å². The summed E-state index contributed by atoms with van der Waals surface area (Å²) in [7, 11) is 0. The summed E-state index contributed by atoms with van der Waals surface area (Å²) in [5.41, 5.74) is 13.5. The van der Waals surface area contributed by atoms with Gasteiger partial charge in [0.25, 0.3) is 5.91 Å². The second kappa shape index (κ2) is 7.48. The highest BCUT2D eigenvalue weighted by molar-refractivity contribution is 7.20. The zero-order chi connectivity index (χ0) is 20.5. The average molecular weight is 404 g/mol. The molecule has 146 valence electrons. The first-order valence-electron chi connectivity index (χ1n) is 9.04. The summed E-state index contributed by atoms with van der Waals surface area (Å²) in [5, 5.41) is 4.88. The van der Waals surface area contributed by atoms with E-state index in [1.165, 1.54) is 17.7 Å². The van der Waals surface area contributed by atoms with E-state index in [9.17, 15) is 4.79 Å². The number of benzene rings is 1. The van der Waals surface area contributed by atoms with Crippen LogP contribution < -0.4 is 11.2 Å². The molecule has 0 unspecified atom stereocenters. The second-order valence-corrected chi connectivity index (χ2v) is 7.69. The summed E-state index contributed by atoms with van der Waals surface area (Å²) in [6.45, 7) is 5.91. The number of hydrogen-bond acceptors (Lipinski definition) is 6. The number of nitrogens with two attached hydrogens (primary N) is 1. The summed E-state index contributed by atoms with van der Waals surface area (Å²) in [5.74, 6) is 0.0812. The highest BCUT2D eigenvalue weighted by Gasteiger charge is 2.18. The van der Waals surface area contributed by atoms with E-state index < -0.39 is 0 Å². The molecule has 0 saturated carbocycles. The van der Waals surface area contributed by atoms with Crippen LogP contribution in [0.5, 0.6) is 0 Å². The van der Waals surface area contributed by atoms with Gasteiger partial charge in [0.15, 0.2) is 0 Å². The number of nitrogens with zero attached hydrogens (tertiary/aromatic N) is 4. The molecule has 0 atom stereocenters. The second-order valence-electron chi connectivity index (χ2n) is 6.69. The zero-order valence-electron chi connectivity index (χ0n) is 16.3. The van der Waals surface area contributed by atoms with Gasteiger partial charge < -0.3 is 10.3 Å². The largest absolute Gasteiger partial charge is 0.383 e. The van der Waals surface area contributed by atoms with E-state index in [1.54, 1.807) is 6.21 Å². The third kappa shape index (κ3) is 3.38. The van der Waals surface area contributed by atoms with Crippen molar-refractivity contribution in [2.45, 2.75) is 20.8 Å². The number of anilines is 1. The van der Waals surface area contributed by atoms with Gasteiger partial charge in [0.2, 0.25) is 0 Å². The molecule has 29 heavy (non-hydrogen) atoms. The lowest BCUT2D eigenvalue weighted by atomic mass is 10.2. The van der Waals surface area contributed by atoms with Crippen LogP contribution in [0.4, 0.5) is 5.82 Å². The first kappa shape index (κ1) is 18.8. The molecule has 0 aliphatic rings. The van der Waals surface area contributed by atoms with Gasteiger partial charge >= 0.3 is 0 Å². The predicted octanol–water partition coefficient (Wildman–Crippen LogP) is 3.75. The Bertz CT molecular complexity index is 1240. The van der Waals surface area contributed by atoms with Crippen LogP contribution in [0.25, 0.3) is 15.9 Å². The van der Waals surface area contributed by atoms with Gasteiger partial charge in [0.05, 0.1) is 16.5 Å². The van der Waals surface area contributed by atoms with Crippen molar-refractivity contribution in [1.82, 2.24) is 20.0 Å². The minimum atomic E-state index is -0.294. The molecule has 4 rings (SSSR count). The number of fused-ring (bicyclic) bond motifs is 1. The summed E-state index contributed by atoms with van der Waals surface area (Å²) < 4.78 is 2.15. The summed E-state index contributed by atoms with van der Waals surface area (Å²) >= 11 is 1.28. The van der Waals surface area contributed by atoms with E-state index in [1.807, 2.05) is 45.0 Å². The van der Waals surface area contributed by atoms with Crippen molar-refractivity contribution in [3.63, 3.8) is 0 Å². The monoisotopic (exact) mass is 404 g/mol. The van der Waals surface area contributed by atoms with E-state index in [0.29, 0.717) is 15.5 Å². The van der Waals surface area contributed by atoms with Crippen LogP contribution in [0.3, 0.4) is 0 Å². The van der Waals surface area contributed by atoms with E-state index in [-0.39, 0.29) is 5.91 Å². The number of thiophene rings is 1. The fraction of sp³-hybridized carbons (Fsp3) is 0.143. The molecule has 1 amide bonds. The number of carbonyl (C=O) groups is 1. The molecule has 0 fully saturated rings. The Labute approximate surface area is 171 Å². The van der Waals surface area contributed by atoms with Gasteiger partial charge in [-0.05, 0) is 44.5 Å². The topological polar surface area (TPSA) is 98.2 Å². The molecule has 0 saturated heterocycles. The smallest absolute Gasteiger partial charge is 0.281 e. The van der Waals surface area contributed by atoms with Gasteiger partial charge in [-0.2, -0.15) is 5.10 Å². The maximum Gasteiger partial charge on any atom is 0.281 e. The van der Waals surface area contributed by atoms with Crippen LogP contribution in [0.15, 0.2) is 47.8 Å². The Morgan fingerprint density at radius 3 is 2.69 bits per heavy atom. The average Bonchev–Trinajstić information content (AvgIpc) is 3.19. The summed E-state index contributed by atoms with van der Waals surface area (Å²) in [4.78, 5) is 22.0. The minimum Gasteiger partial charge on any atom is -0.383 e. The van der Waals surface area contributed by atoms with Gasteiger partial charge in [-0.15, -0.1) is 11.3 Å². The van der Waals surface area contributed by atoms with E-state index in [0.717, 1.165) is 33.6 Å². The maximum atomic E-state index is 12.6. The molecular weight excluding hydrogens is 384 g/mol. The van der Waals surface area contributed by atoms with Crippen molar-refractivity contribution in [3.8, 4) is 5.69 Å². The number of hydrogen-bond donors (Lipinski definition) is 2. The summed E-state index contributed by atoms with van der Waals surface area (Å²) in [6.07, 6.45) is 3.06. The molecule has 8 heteroatoms. The third-order valence-corrected chi connectivity index (χ3v) is 6.02. The van der Waals surface area contributed by atoms with Crippen LogP contribution in [0.2, 0.25) is 0 Å². The number of nitrogen functional groups attached to an aromatic ring is 1. The molecule has 0 radical (unpaired) electrons. The standard InChI is InChI=1S/C21H20N6OS/c1-12-9-15(14(3)27(12)16-7-5-4-6-8-16)10-25-26-20(28)18-13(2)17-19(22)23-11-24-21(17)29-18/h4-11H,1-3H3,(H,26,28)(H2,22,23,24). The van der Waals surface area contributed by atoms with Crippen LogP contribution in [-0.2, 0) is 0 Å². The number of hydrazone groups is 1. The highest BCUT2D eigenvalue weighted by Crippen LogP contribution is 2.31. The van der Waals surface area contributed by atoms with Crippen molar-refractivity contribution < 1.29 is 4.79 Å². The number of carbonyl (C=O) groups excluding carboxylic acids is 1. The molecule has 0 aliphatic carbocycles. The van der Waals surface area contributed by atoms with Crippen LogP contribution in [-0.4, -0.2) is 26.7 Å². The fourth-order valence-electron chi connectivity index (χ4n) is 3.42. The lowest BCUT2D eigenvalue weighted by Crippen LogP contribution is -2.17. The molecule has 4 aromatic rings. The first-order chi connectivity index (χ1) is 14.0. The quantitative estimate of drug-likeness (QED) is 0.400. The number of amides is 1. The molecule has 3 heterocycles. The Morgan fingerprint density at radius 2 is 1.97 bits per heavy atom. The Kier molecular flexibility index (Phi) is 4.85. The number of aromatic nitrogens is 3. The molecule has 0 spiro atoms. The molecule has 3 aromatic heterocycles. The molecule has 0 bridgehead atoms. The number of para-hydroxylation sites is 1. The van der Waals surface area contributed by atoms with Crippen molar-refractivity contribution in [2.24, 2.45) is 5.10 Å². The highest BCUT2D eigenvalue weighted by atomic mass is 32.1. The molecule has 0 aliphatic heterocycles. The Hall–Kier alpha value is -3.52. The SMILES string of the molecule is Cc1c(C(=O)NN=Cc2cc(C)n(-c3ccccc3)c2C)sc2ncnc(N)c12. The van der Waals surface area contributed by atoms with Crippen molar-refractivity contribution >= 4 is 39.5 Å². The molecular formula is C21H20N6OS. The van der Waals surface area contributed by atoms with Crippen LogP contribution >= 0.6 is 11.3 Å². The third-order valence-electron chi connectivity index (χ3n) is 4.82. The van der Waals surface area contributed by atoms with Crippen LogP contribution in [0, 0.1) is 20.8 Å². The lowest BCUT2D eigenvalue weighted by Gasteiger charge is -2.08. The molecule has 3 N–H and O–H groups in total. The van der Waals surface area contributed by atoms with E-state index in [4.69, 9.17) is 5.73 Å². The van der Waals surface area contributed by atoms with Crippen molar-refractivity contribution in [3.05, 3.63) is 70.1 Å². The first-order valence-corrected chi connectivity index (χ1v) is 9.86. The van der Waals surface area contributed by atoms with Gasteiger partial charge in [-0.1, -0.05) is 18.2 Å².